The van der Waals surface area contributed by atoms with Crippen LogP contribution in [0.15, 0.2) is 47.1 Å². The second-order valence-electron chi connectivity index (χ2n) is 10.6. The molecule has 2 aromatic carbocycles. The zero-order valence-corrected chi connectivity index (χ0v) is 23.7. The molecule has 2 saturated heterocycles. The Morgan fingerprint density at radius 3 is 2.63 bits per heavy atom. The maximum absolute atomic E-state index is 12.5. The van der Waals surface area contributed by atoms with Gasteiger partial charge in [0, 0.05) is 48.7 Å². The van der Waals surface area contributed by atoms with Crippen LogP contribution >= 0.6 is 15.9 Å². The maximum Gasteiger partial charge on any atom is 0.410 e. The molecule has 2 fully saturated rings. The third-order valence-electron chi connectivity index (χ3n) is 6.46. The fourth-order valence-corrected chi connectivity index (χ4v) is 5.05. The van der Waals surface area contributed by atoms with E-state index in [2.05, 4.69) is 43.3 Å². The molecule has 10 heteroatoms. The molecule has 1 amide bonds. The highest BCUT2D eigenvalue weighted by atomic mass is 79.9. The number of benzene rings is 2. The molecule has 0 aliphatic carbocycles. The average Bonchev–Trinajstić information content (AvgIpc) is 2.89. The lowest BCUT2D eigenvalue weighted by Crippen LogP contribution is -2.46. The Labute approximate surface area is 231 Å². The van der Waals surface area contributed by atoms with Crippen molar-refractivity contribution in [2.75, 3.05) is 49.6 Å². The molecule has 1 aromatic heterocycles. The molecular weight excluding hydrogens is 550 g/mol. The van der Waals surface area contributed by atoms with E-state index in [1.165, 1.54) is 5.69 Å². The van der Waals surface area contributed by atoms with Crippen molar-refractivity contribution in [3.63, 3.8) is 0 Å². The SMILES string of the molecule is CC(C)(C)OC(=O)N1CCCC(Oc2cc3nc(Nc4ccc(N5CCOCC5)cc4)ncc3cc2Br)C1. The number of likely N-dealkylation sites (tertiary alicyclic amines) is 1. The standard InChI is InChI=1S/C28H34BrN5O4/c1-28(2,3)38-27(35)34-10-4-5-22(18-34)37-25-16-24-19(15-23(25)29)17-30-26(32-24)31-20-6-8-21(9-7-20)33-11-13-36-14-12-33/h6-9,15-17,22H,4-5,10-14,18H2,1-3H3,(H,30,31,32). The second-order valence-corrected chi connectivity index (χ2v) is 11.5. The van der Waals surface area contributed by atoms with Crippen LogP contribution in [0.4, 0.5) is 22.1 Å². The quantitative estimate of drug-likeness (QED) is 0.406. The van der Waals surface area contributed by atoms with Gasteiger partial charge in [0.05, 0.1) is 29.7 Å². The number of amides is 1. The first kappa shape index (κ1) is 26.5. The summed E-state index contributed by atoms with van der Waals surface area (Å²) in [6.45, 7) is 10.1. The number of carbonyl (C=O) groups excluding carboxylic acids is 1. The van der Waals surface area contributed by atoms with E-state index in [1.54, 1.807) is 11.1 Å². The molecule has 0 saturated carbocycles. The topological polar surface area (TPSA) is 89.0 Å². The molecule has 5 rings (SSSR count). The summed E-state index contributed by atoms with van der Waals surface area (Å²) in [6, 6.07) is 12.1. The lowest BCUT2D eigenvalue weighted by molar-refractivity contribution is 0.00769. The molecule has 9 nitrogen and oxygen atoms in total. The number of halogens is 1. The number of nitrogens with one attached hydrogen (secondary N) is 1. The van der Waals surface area contributed by atoms with Crippen molar-refractivity contribution >= 4 is 50.2 Å². The molecule has 1 atom stereocenters. The molecule has 3 aromatic rings. The summed E-state index contributed by atoms with van der Waals surface area (Å²) < 4.78 is 18.2. The zero-order chi connectivity index (χ0) is 26.7. The minimum atomic E-state index is -0.525. The molecule has 38 heavy (non-hydrogen) atoms. The Morgan fingerprint density at radius 1 is 1.13 bits per heavy atom. The van der Waals surface area contributed by atoms with Gasteiger partial charge in [0.25, 0.3) is 0 Å². The van der Waals surface area contributed by atoms with E-state index in [4.69, 9.17) is 19.2 Å². The van der Waals surface area contributed by atoms with Gasteiger partial charge in [-0.15, -0.1) is 0 Å². The Hall–Kier alpha value is -3.11. The molecular formula is C28H34BrN5O4. The van der Waals surface area contributed by atoms with Crippen molar-refractivity contribution in [1.82, 2.24) is 14.9 Å². The fourth-order valence-electron chi connectivity index (χ4n) is 4.59. The van der Waals surface area contributed by atoms with Crippen LogP contribution < -0.4 is 15.0 Å². The first-order valence-electron chi connectivity index (χ1n) is 13.0. The van der Waals surface area contributed by atoms with E-state index in [0.29, 0.717) is 24.8 Å². The van der Waals surface area contributed by atoms with Crippen LogP contribution in [0.2, 0.25) is 0 Å². The molecule has 0 spiro atoms. The van der Waals surface area contributed by atoms with Crippen molar-refractivity contribution in [1.29, 1.82) is 0 Å². The van der Waals surface area contributed by atoms with Crippen LogP contribution in [0.1, 0.15) is 33.6 Å². The van der Waals surface area contributed by atoms with Gasteiger partial charge < -0.3 is 29.3 Å². The molecule has 0 bridgehead atoms. The smallest absolute Gasteiger partial charge is 0.410 e. The van der Waals surface area contributed by atoms with Gasteiger partial charge in [-0.3, -0.25) is 0 Å². The van der Waals surface area contributed by atoms with E-state index >= 15 is 0 Å². The van der Waals surface area contributed by atoms with Crippen molar-refractivity contribution in [3.05, 3.63) is 47.1 Å². The van der Waals surface area contributed by atoms with Gasteiger partial charge in [0.2, 0.25) is 5.95 Å². The number of nitrogens with zero attached hydrogens (tertiary/aromatic N) is 4. The molecule has 3 heterocycles. The summed E-state index contributed by atoms with van der Waals surface area (Å²) in [4.78, 5) is 25.8. The van der Waals surface area contributed by atoms with Gasteiger partial charge in [-0.25, -0.2) is 14.8 Å². The van der Waals surface area contributed by atoms with Gasteiger partial charge in [-0.2, -0.15) is 0 Å². The minimum Gasteiger partial charge on any atom is -0.487 e. The van der Waals surface area contributed by atoms with Crippen molar-refractivity contribution in [2.24, 2.45) is 0 Å². The number of fused-ring (bicyclic) bond motifs is 1. The number of hydrogen-bond acceptors (Lipinski definition) is 8. The average molecular weight is 585 g/mol. The third-order valence-corrected chi connectivity index (χ3v) is 7.08. The molecule has 1 N–H and O–H groups in total. The van der Waals surface area contributed by atoms with Crippen LogP contribution in [-0.4, -0.2) is 72.1 Å². The summed E-state index contributed by atoms with van der Waals surface area (Å²) in [5, 5.41) is 4.20. The third kappa shape index (κ3) is 6.66. The predicted molar refractivity (Wildman–Crippen MR) is 151 cm³/mol. The largest absolute Gasteiger partial charge is 0.487 e. The molecule has 202 valence electrons. The summed E-state index contributed by atoms with van der Waals surface area (Å²) in [5.74, 6) is 1.20. The monoisotopic (exact) mass is 583 g/mol. The lowest BCUT2D eigenvalue weighted by atomic mass is 10.1. The van der Waals surface area contributed by atoms with Crippen LogP contribution in [0.5, 0.6) is 5.75 Å². The summed E-state index contributed by atoms with van der Waals surface area (Å²) in [5.41, 5.74) is 2.34. The molecule has 2 aliphatic heterocycles. The molecule has 0 radical (unpaired) electrons. The number of piperidine rings is 1. The van der Waals surface area contributed by atoms with E-state index in [0.717, 1.165) is 60.2 Å². The van der Waals surface area contributed by atoms with Gasteiger partial charge in [0.1, 0.15) is 17.5 Å². The summed E-state index contributed by atoms with van der Waals surface area (Å²) in [7, 11) is 0. The number of rotatable bonds is 5. The number of anilines is 3. The summed E-state index contributed by atoms with van der Waals surface area (Å²) >= 11 is 3.63. The molecule has 1 unspecified atom stereocenters. The van der Waals surface area contributed by atoms with Gasteiger partial charge in [-0.05, 0) is 79.9 Å². The highest BCUT2D eigenvalue weighted by Crippen LogP contribution is 2.32. The Balaban J connectivity index is 1.27. The summed E-state index contributed by atoms with van der Waals surface area (Å²) in [6.07, 6.45) is 3.09. The second kappa shape index (κ2) is 11.3. The van der Waals surface area contributed by atoms with Crippen molar-refractivity contribution in [3.8, 4) is 5.75 Å². The van der Waals surface area contributed by atoms with Crippen LogP contribution in [0.3, 0.4) is 0 Å². The van der Waals surface area contributed by atoms with Crippen LogP contribution in [0.25, 0.3) is 10.9 Å². The highest BCUT2D eigenvalue weighted by Gasteiger charge is 2.29. The first-order chi connectivity index (χ1) is 18.2. The van der Waals surface area contributed by atoms with Crippen molar-refractivity contribution < 1.29 is 19.0 Å². The Kier molecular flexibility index (Phi) is 7.90. The lowest BCUT2D eigenvalue weighted by Gasteiger charge is -2.34. The number of aromatic nitrogens is 2. The number of ether oxygens (including phenoxy) is 3. The number of hydrogen-bond donors (Lipinski definition) is 1. The van der Waals surface area contributed by atoms with Gasteiger partial charge in [0.15, 0.2) is 0 Å². The van der Waals surface area contributed by atoms with Gasteiger partial charge >= 0.3 is 6.09 Å². The van der Waals surface area contributed by atoms with E-state index in [9.17, 15) is 4.79 Å². The zero-order valence-electron chi connectivity index (χ0n) is 22.1. The normalized spacial score (nSPS) is 18.4. The highest BCUT2D eigenvalue weighted by molar-refractivity contribution is 9.10. The maximum atomic E-state index is 12.5. The van der Waals surface area contributed by atoms with Crippen LogP contribution in [0, 0.1) is 0 Å². The Morgan fingerprint density at radius 2 is 1.89 bits per heavy atom. The molecule has 2 aliphatic rings. The van der Waals surface area contributed by atoms with E-state index in [-0.39, 0.29) is 12.2 Å². The number of carbonyl (C=O) groups is 1. The first-order valence-corrected chi connectivity index (χ1v) is 13.8. The van der Waals surface area contributed by atoms with E-state index < -0.39 is 5.60 Å². The Bertz CT molecular complexity index is 1270. The van der Waals surface area contributed by atoms with E-state index in [1.807, 2.05) is 45.0 Å². The fraction of sp³-hybridized carbons (Fsp3) is 0.464. The predicted octanol–water partition coefficient (Wildman–Crippen LogP) is 5.75. The van der Waals surface area contributed by atoms with Crippen LogP contribution in [-0.2, 0) is 9.47 Å². The minimum absolute atomic E-state index is 0.130. The van der Waals surface area contributed by atoms with Gasteiger partial charge in [-0.1, -0.05) is 0 Å². The van der Waals surface area contributed by atoms with Crippen molar-refractivity contribution in [2.45, 2.75) is 45.3 Å². The number of morpholine rings is 1.